The maximum absolute atomic E-state index is 10.4. The third kappa shape index (κ3) is 6.21. The van der Waals surface area contributed by atoms with Crippen molar-refractivity contribution in [3.05, 3.63) is 0 Å². The zero-order valence-electron chi connectivity index (χ0n) is 8.49. The fourth-order valence-electron chi connectivity index (χ4n) is 0.881. The van der Waals surface area contributed by atoms with Crippen molar-refractivity contribution in [1.82, 2.24) is 0 Å². The van der Waals surface area contributed by atoms with Gasteiger partial charge in [-0.1, -0.05) is 6.92 Å². The van der Waals surface area contributed by atoms with Crippen molar-refractivity contribution in [2.45, 2.75) is 13.3 Å². The highest BCUT2D eigenvalue weighted by Crippen LogP contribution is 2.21. The van der Waals surface area contributed by atoms with Gasteiger partial charge in [-0.2, -0.15) is 0 Å². The van der Waals surface area contributed by atoms with Crippen molar-refractivity contribution in [2.24, 2.45) is 16.9 Å². The Morgan fingerprint density at radius 1 is 1.27 bits per heavy atom. The van der Waals surface area contributed by atoms with Crippen LogP contribution in [0, 0.1) is 17.8 Å². The van der Waals surface area contributed by atoms with E-state index in [0.717, 1.165) is 0 Å². The molecule has 0 aliphatic rings. The summed E-state index contributed by atoms with van der Waals surface area (Å²) in [6.45, 7) is 1.64. The molecule has 0 bridgehead atoms. The van der Waals surface area contributed by atoms with Gasteiger partial charge in [-0.05, 0) is 0 Å². The van der Waals surface area contributed by atoms with Gasteiger partial charge >= 0.3 is 12.2 Å². The molecule has 0 aliphatic heterocycles. The first kappa shape index (κ1) is 13.1. The third-order valence-electron chi connectivity index (χ3n) is 1.65. The molecule has 0 aromatic heterocycles. The summed E-state index contributed by atoms with van der Waals surface area (Å²) in [5.74, 6) is 2.39. The van der Waals surface area contributed by atoms with Crippen LogP contribution in [0.2, 0.25) is 0 Å². The van der Waals surface area contributed by atoms with Gasteiger partial charge in [-0.3, -0.25) is 0 Å². The summed E-state index contributed by atoms with van der Waals surface area (Å²) < 4.78 is 9.21. The number of carbonyl (C=O) groups excluding carboxylic acids is 2. The van der Waals surface area contributed by atoms with Crippen molar-refractivity contribution in [3.8, 4) is 12.3 Å². The molecule has 0 radical (unpaired) electrons. The molecule has 0 atom stereocenters. The quantitative estimate of drug-likeness (QED) is 0.638. The van der Waals surface area contributed by atoms with Crippen LogP contribution in [-0.4, -0.2) is 25.4 Å². The van der Waals surface area contributed by atoms with Crippen LogP contribution in [-0.2, 0) is 9.47 Å². The second-order valence-electron chi connectivity index (χ2n) is 3.41. The number of ether oxygens (including phenoxy) is 2. The van der Waals surface area contributed by atoms with Crippen molar-refractivity contribution < 1.29 is 19.1 Å². The summed E-state index contributed by atoms with van der Waals surface area (Å²) in [5.41, 5.74) is 8.95. The molecule has 0 aliphatic carbocycles. The van der Waals surface area contributed by atoms with E-state index in [9.17, 15) is 9.59 Å². The van der Waals surface area contributed by atoms with Crippen molar-refractivity contribution in [2.75, 3.05) is 13.2 Å². The van der Waals surface area contributed by atoms with Crippen LogP contribution < -0.4 is 11.5 Å². The Morgan fingerprint density at radius 3 is 1.93 bits per heavy atom. The molecule has 0 heterocycles. The van der Waals surface area contributed by atoms with Gasteiger partial charge in [0.05, 0.1) is 0 Å². The molecule has 4 N–H and O–H groups in total. The Hall–Kier alpha value is -1.90. The van der Waals surface area contributed by atoms with E-state index in [1.165, 1.54) is 0 Å². The van der Waals surface area contributed by atoms with Gasteiger partial charge in [0.2, 0.25) is 0 Å². The first-order valence-electron chi connectivity index (χ1n) is 4.17. The first-order chi connectivity index (χ1) is 6.89. The Balaban J connectivity index is 4.25. The summed E-state index contributed by atoms with van der Waals surface area (Å²) in [4.78, 5) is 20.8. The van der Waals surface area contributed by atoms with Gasteiger partial charge in [-0.25, -0.2) is 9.59 Å². The molecule has 0 aromatic carbocycles. The lowest BCUT2D eigenvalue weighted by atomic mass is 9.89. The zero-order chi connectivity index (χ0) is 11.9. The topological polar surface area (TPSA) is 105 Å². The standard InChI is InChI=1S/C9H14N2O4/c1-3-4-9(2,5-14-7(10)12)6-15-8(11)13/h1H,4-6H2,2H3,(H2,10,12)(H2,11,13). The van der Waals surface area contributed by atoms with E-state index in [1.807, 2.05) is 0 Å². The number of hydrogen-bond acceptors (Lipinski definition) is 4. The van der Waals surface area contributed by atoms with Crippen molar-refractivity contribution >= 4 is 12.2 Å². The van der Waals surface area contributed by atoms with Crippen LogP contribution in [0.5, 0.6) is 0 Å². The molecule has 84 valence electrons. The fourth-order valence-corrected chi connectivity index (χ4v) is 0.881. The maximum Gasteiger partial charge on any atom is 0.404 e. The Labute approximate surface area is 87.9 Å². The number of rotatable bonds is 5. The van der Waals surface area contributed by atoms with Crippen LogP contribution in [0.1, 0.15) is 13.3 Å². The van der Waals surface area contributed by atoms with Gasteiger partial charge < -0.3 is 20.9 Å². The molecule has 2 amide bonds. The van der Waals surface area contributed by atoms with E-state index < -0.39 is 17.6 Å². The average molecular weight is 214 g/mol. The predicted molar refractivity (Wildman–Crippen MR) is 52.6 cm³/mol. The minimum Gasteiger partial charge on any atom is -0.449 e. The van der Waals surface area contributed by atoms with Crippen LogP contribution in [0.15, 0.2) is 0 Å². The average Bonchev–Trinajstić information content (AvgIpc) is 2.13. The second-order valence-corrected chi connectivity index (χ2v) is 3.41. The van der Waals surface area contributed by atoms with Crippen LogP contribution in [0.25, 0.3) is 0 Å². The maximum atomic E-state index is 10.4. The van der Waals surface area contributed by atoms with E-state index in [0.29, 0.717) is 0 Å². The van der Waals surface area contributed by atoms with E-state index in [1.54, 1.807) is 6.92 Å². The van der Waals surface area contributed by atoms with Crippen LogP contribution in [0.4, 0.5) is 9.59 Å². The Morgan fingerprint density at radius 2 is 1.67 bits per heavy atom. The minimum atomic E-state index is -0.905. The van der Waals surface area contributed by atoms with Gasteiger partial charge in [0.15, 0.2) is 0 Å². The van der Waals surface area contributed by atoms with Gasteiger partial charge in [0.25, 0.3) is 0 Å². The molecule has 0 unspecified atom stereocenters. The summed E-state index contributed by atoms with van der Waals surface area (Å²) >= 11 is 0. The summed E-state index contributed by atoms with van der Waals surface area (Å²) in [6, 6.07) is 0. The number of nitrogens with two attached hydrogens (primary N) is 2. The van der Waals surface area contributed by atoms with E-state index in [-0.39, 0.29) is 19.6 Å². The highest BCUT2D eigenvalue weighted by Gasteiger charge is 2.27. The van der Waals surface area contributed by atoms with Gasteiger partial charge in [0.1, 0.15) is 13.2 Å². The first-order valence-corrected chi connectivity index (χ1v) is 4.17. The van der Waals surface area contributed by atoms with Crippen LogP contribution >= 0.6 is 0 Å². The predicted octanol–water partition coefficient (Wildman–Crippen LogP) is 0.207. The lowest BCUT2D eigenvalue weighted by molar-refractivity contribution is 0.0452. The molecule has 0 saturated heterocycles. The second kappa shape index (κ2) is 5.75. The molecule has 0 spiro atoms. The van der Waals surface area contributed by atoms with Gasteiger partial charge in [0, 0.05) is 11.8 Å². The molecule has 6 nitrogen and oxygen atoms in total. The number of carbonyl (C=O) groups is 2. The highest BCUT2D eigenvalue weighted by atomic mass is 16.6. The van der Waals surface area contributed by atoms with E-state index >= 15 is 0 Å². The smallest absolute Gasteiger partial charge is 0.404 e. The zero-order valence-corrected chi connectivity index (χ0v) is 8.49. The number of primary amides is 2. The molecule has 0 saturated carbocycles. The molecular formula is C9H14N2O4. The minimum absolute atomic E-state index is 0.0280. The van der Waals surface area contributed by atoms with E-state index in [2.05, 4.69) is 15.4 Å². The molecule has 0 rings (SSSR count). The van der Waals surface area contributed by atoms with E-state index in [4.69, 9.17) is 17.9 Å². The molecule has 0 aromatic rings. The number of terminal acetylenes is 1. The van der Waals surface area contributed by atoms with Crippen molar-refractivity contribution in [1.29, 1.82) is 0 Å². The normalized spacial score (nSPS) is 10.1. The summed E-state index contributed by atoms with van der Waals surface area (Å²) in [5, 5.41) is 0. The molecule has 15 heavy (non-hydrogen) atoms. The van der Waals surface area contributed by atoms with Gasteiger partial charge in [-0.15, -0.1) is 12.3 Å². The Kier molecular flexibility index (Phi) is 5.02. The molecule has 0 fully saturated rings. The summed E-state index contributed by atoms with van der Waals surface area (Å²) in [7, 11) is 0. The lowest BCUT2D eigenvalue weighted by Crippen LogP contribution is -2.33. The number of amides is 2. The summed E-state index contributed by atoms with van der Waals surface area (Å²) in [6.07, 6.45) is 3.59. The molecular weight excluding hydrogens is 200 g/mol. The highest BCUT2D eigenvalue weighted by molar-refractivity contribution is 5.65. The monoisotopic (exact) mass is 214 g/mol. The largest absolute Gasteiger partial charge is 0.449 e. The molecule has 6 heteroatoms. The van der Waals surface area contributed by atoms with Crippen LogP contribution in [0.3, 0.4) is 0 Å². The third-order valence-corrected chi connectivity index (χ3v) is 1.65. The number of hydrogen-bond donors (Lipinski definition) is 2. The SMILES string of the molecule is C#CCC(C)(COC(N)=O)COC(N)=O. The lowest BCUT2D eigenvalue weighted by Gasteiger charge is -2.25. The van der Waals surface area contributed by atoms with Crippen molar-refractivity contribution in [3.63, 3.8) is 0 Å². The Bertz CT molecular complexity index is 264. The fraction of sp³-hybridized carbons (Fsp3) is 0.556.